The lowest BCUT2D eigenvalue weighted by Gasteiger charge is -2.29. The average Bonchev–Trinajstić information content (AvgIpc) is 2.35. The molecule has 2 heteroatoms. The highest BCUT2D eigenvalue weighted by molar-refractivity contribution is 5.23. The summed E-state index contributed by atoms with van der Waals surface area (Å²) in [5.41, 5.74) is 7.27. The Kier molecular flexibility index (Phi) is 5.66. The SMILES string of the molecule is CCN(CCN)CCC(C)(C)c1ccccc1. The molecule has 0 atom stereocenters. The minimum atomic E-state index is 0.239. The van der Waals surface area contributed by atoms with E-state index in [0.29, 0.717) is 0 Å². The summed E-state index contributed by atoms with van der Waals surface area (Å²) >= 11 is 0. The molecule has 2 nitrogen and oxygen atoms in total. The van der Waals surface area contributed by atoms with Gasteiger partial charge in [0.25, 0.3) is 0 Å². The standard InChI is InChI=1S/C15H26N2/c1-4-17(13-11-16)12-10-15(2,3)14-8-6-5-7-9-14/h5-9H,4,10-13,16H2,1-3H3. The molecular weight excluding hydrogens is 208 g/mol. The topological polar surface area (TPSA) is 29.3 Å². The van der Waals surface area contributed by atoms with E-state index < -0.39 is 0 Å². The molecule has 0 heterocycles. The first kappa shape index (κ1) is 14.2. The summed E-state index contributed by atoms with van der Waals surface area (Å²) < 4.78 is 0. The van der Waals surface area contributed by atoms with Crippen molar-refractivity contribution in [1.29, 1.82) is 0 Å². The van der Waals surface area contributed by atoms with E-state index in [1.54, 1.807) is 0 Å². The van der Waals surface area contributed by atoms with Crippen LogP contribution < -0.4 is 5.73 Å². The monoisotopic (exact) mass is 234 g/mol. The Hall–Kier alpha value is -0.860. The lowest BCUT2D eigenvalue weighted by Crippen LogP contribution is -2.33. The first-order valence-corrected chi connectivity index (χ1v) is 6.58. The number of likely N-dealkylation sites (N-methyl/N-ethyl adjacent to an activating group) is 1. The lowest BCUT2D eigenvalue weighted by atomic mass is 9.81. The highest BCUT2D eigenvalue weighted by Crippen LogP contribution is 2.26. The smallest absolute Gasteiger partial charge is 0.0104 e. The molecule has 0 bridgehead atoms. The van der Waals surface area contributed by atoms with Gasteiger partial charge >= 0.3 is 0 Å². The first-order valence-electron chi connectivity index (χ1n) is 6.58. The largest absolute Gasteiger partial charge is 0.329 e. The molecule has 17 heavy (non-hydrogen) atoms. The fraction of sp³-hybridized carbons (Fsp3) is 0.600. The fourth-order valence-corrected chi connectivity index (χ4v) is 2.08. The van der Waals surface area contributed by atoms with Crippen molar-refractivity contribution >= 4 is 0 Å². The zero-order valence-electron chi connectivity index (χ0n) is 11.4. The van der Waals surface area contributed by atoms with Gasteiger partial charge in [-0.25, -0.2) is 0 Å². The summed E-state index contributed by atoms with van der Waals surface area (Å²) in [6.45, 7) is 10.8. The van der Waals surface area contributed by atoms with Gasteiger partial charge in [-0.05, 0) is 30.5 Å². The Labute approximate surface area is 106 Å². The fourth-order valence-electron chi connectivity index (χ4n) is 2.08. The molecule has 0 aliphatic carbocycles. The van der Waals surface area contributed by atoms with Crippen LogP contribution in [0.15, 0.2) is 30.3 Å². The highest BCUT2D eigenvalue weighted by Gasteiger charge is 2.20. The normalized spacial score (nSPS) is 12.1. The van der Waals surface area contributed by atoms with Crippen LogP contribution >= 0.6 is 0 Å². The molecule has 1 rings (SSSR count). The number of nitrogens with zero attached hydrogens (tertiary/aromatic N) is 1. The van der Waals surface area contributed by atoms with Gasteiger partial charge in [-0.2, -0.15) is 0 Å². The Bertz CT molecular complexity index is 306. The highest BCUT2D eigenvalue weighted by atomic mass is 15.1. The summed E-state index contributed by atoms with van der Waals surface area (Å²) in [6, 6.07) is 10.8. The molecule has 0 aromatic heterocycles. The molecule has 2 N–H and O–H groups in total. The Morgan fingerprint density at radius 1 is 1.12 bits per heavy atom. The van der Waals surface area contributed by atoms with Gasteiger partial charge in [0.2, 0.25) is 0 Å². The van der Waals surface area contributed by atoms with Crippen molar-refractivity contribution in [3.8, 4) is 0 Å². The summed E-state index contributed by atoms with van der Waals surface area (Å²) in [5.74, 6) is 0. The van der Waals surface area contributed by atoms with E-state index in [4.69, 9.17) is 5.73 Å². The summed E-state index contributed by atoms with van der Waals surface area (Å²) in [6.07, 6.45) is 1.17. The van der Waals surface area contributed by atoms with Crippen LogP contribution in [0.1, 0.15) is 32.8 Å². The van der Waals surface area contributed by atoms with Crippen molar-refractivity contribution in [1.82, 2.24) is 4.90 Å². The van der Waals surface area contributed by atoms with Crippen LogP contribution in [-0.4, -0.2) is 31.1 Å². The van der Waals surface area contributed by atoms with Crippen LogP contribution in [0.4, 0.5) is 0 Å². The van der Waals surface area contributed by atoms with Gasteiger partial charge in [-0.15, -0.1) is 0 Å². The van der Waals surface area contributed by atoms with E-state index in [-0.39, 0.29) is 5.41 Å². The Balaban J connectivity index is 2.55. The van der Waals surface area contributed by atoms with E-state index in [1.165, 1.54) is 12.0 Å². The number of nitrogens with two attached hydrogens (primary N) is 1. The lowest BCUT2D eigenvalue weighted by molar-refractivity contribution is 0.265. The molecule has 96 valence electrons. The predicted octanol–water partition coefficient (Wildman–Crippen LogP) is 2.63. The van der Waals surface area contributed by atoms with Crippen LogP contribution in [0.3, 0.4) is 0 Å². The molecule has 0 radical (unpaired) electrons. The van der Waals surface area contributed by atoms with Gasteiger partial charge in [-0.3, -0.25) is 0 Å². The van der Waals surface area contributed by atoms with Crippen LogP contribution in [-0.2, 0) is 5.41 Å². The Morgan fingerprint density at radius 2 is 1.76 bits per heavy atom. The van der Waals surface area contributed by atoms with Gasteiger partial charge in [0.05, 0.1) is 0 Å². The second kappa shape index (κ2) is 6.77. The molecule has 0 aliphatic rings. The molecule has 0 amide bonds. The second-order valence-corrected chi connectivity index (χ2v) is 5.22. The minimum absolute atomic E-state index is 0.239. The number of rotatable bonds is 7. The van der Waals surface area contributed by atoms with Crippen molar-refractivity contribution in [2.24, 2.45) is 5.73 Å². The van der Waals surface area contributed by atoms with Crippen molar-refractivity contribution in [2.45, 2.75) is 32.6 Å². The predicted molar refractivity (Wildman–Crippen MR) is 75.3 cm³/mol. The molecule has 0 unspecified atom stereocenters. The molecule has 0 fully saturated rings. The van der Waals surface area contributed by atoms with Crippen molar-refractivity contribution < 1.29 is 0 Å². The minimum Gasteiger partial charge on any atom is -0.329 e. The summed E-state index contributed by atoms with van der Waals surface area (Å²) in [7, 11) is 0. The van der Waals surface area contributed by atoms with Gasteiger partial charge in [0.15, 0.2) is 0 Å². The van der Waals surface area contributed by atoms with Gasteiger partial charge in [0.1, 0.15) is 0 Å². The van der Waals surface area contributed by atoms with Gasteiger partial charge in [0, 0.05) is 13.1 Å². The third-order valence-electron chi connectivity index (χ3n) is 3.50. The molecule has 0 saturated heterocycles. The Morgan fingerprint density at radius 3 is 2.29 bits per heavy atom. The van der Waals surface area contributed by atoms with Gasteiger partial charge < -0.3 is 10.6 Å². The third kappa shape index (κ3) is 4.49. The van der Waals surface area contributed by atoms with E-state index in [9.17, 15) is 0 Å². The van der Waals surface area contributed by atoms with Crippen molar-refractivity contribution in [3.05, 3.63) is 35.9 Å². The van der Waals surface area contributed by atoms with E-state index in [2.05, 4.69) is 56.0 Å². The number of hydrogen-bond acceptors (Lipinski definition) is 2. The van der Waals surface area contributed by atoms with E-state index in [0.717, 1.165) is 26.2 Å². The first-order chi connectivity index (χ1) is 8.10. The maximum Gasteiger partial charge on any atom is 0.0104 e. The second-order valence-electron chi connectivity index (χ2n) is 5.22. The molecule has 1 aromatic carbocycles. The molecule has 0 spiro atoms. The van der Waals surface area contributed by atoms with Crippen LogP contribution in [0, 0.1) is 0 Å². The molecular formula is C15H26N2. The molecule has 0 saturated carbocycles. The van der Waals surface area contributed by atoms with E-state index in [1.807, 2.05) is 0 Å². The maximum absolute atomic E-state index is 5.61. The number of hydrogen-bond donors (Lipinski definition) is 1. The number of benzene rings is 1. The zero-order chi connectivity index (χ0) is 12.7. The van der Waals surface area contributed by atoms with Gasteiger partial charge in [-0.1, -0.05) is 51.1 Å². The average molecular weight is 234 g/mol. The van der Waals surface area contributed by atoms with Crippen LogP contribution in [0.2, 0.25) is 0 Å². The molecule has 0 aliphatic heterocycles. The van der Waals surface area contributed by atoms with E-state index >= 15 is 0 Å². The summed E-state index contributed by atoms with van der Waals surface area (Å²) in [5, 5.41) is 0. The zero-order valence-corrected chi connectivity index (χ0v) is 11.4. The summed E-state index contributed by atoms with van der Waals surface area (Å²) in [4.78, 5) is 2.42. The third-order valence-corrected chi connectivity index (χ3v) is 3.50. The quantitative estimate of drug-likeness (QED) is 0.786. The van der Waals surface area contributed by atoms with Crippen LogP contribution in [0.5, 0.6) is 0 Å². The molecule has 1 aromatic rings. The van der Waals surface area contributed by atoms with Crippen molar-refractivity contribution in [3.63, 3.8) is 0 Å². The maximum atomic E-state index is 5.61. The van der Waals surface area contributed by atoms with Crippen LogP contribution in [0.25, 0.3) is 0 Å². The van der Waals surface area contributed by atoms with Crippen molar-refractivity contribution in [2.75, 3.05) is 26.2 Å².